The van der Waals surface area contributed by atoms with Crippen LogP contribution < -0.4 is 0 Å². The van der Waals surface area contributed by atoms with Crippen molar-refractivity contribution in [1.82, 2.24) is 9.80 Å². The van der Waals surface area contributed by atoms with E-state index in [9.17, 15) is 18.4 Å². The minimum atomic E-state index is -0.801. The van der Waals surface area contributed by atoms with Crippen LogP contribution >= 0.6 is 0 Å². The molecular weight excluding hydrogens is 374 g/mol. The molecule has 0 saturated carbocycles. The number of piperidine rings is 1. The zero-order valence-corrected chi connectivity index (χ0v) is 16.4. The van der Waals surface area contributed by atoms with Crippen LogP contribution in [0.4, 0.5) is 8.78 Å². The Hall–Kier alpha value is -2.76. The standard InChI is InChI=1S/C23H24F2N2O2/c1-26(22(28)17-3-2-4-18(24)11-17)14-15-5-7-16(8-6-15)23(29)27-20-9-10-21(27)13-19(25)12-20/h2-8,11,19-21H,9-10,12-14H2,1H3. The van der Waals surface area contributed by atoms with E-state index >= 15 is 0 Å². The first-order valence-electron chi connectivity index (χ1n) is 9.99. The lowest BCUT2D eigenvalue weighted by atomic mass is 9.99. The van der Waals surface area contributed by atoms with Crippen molar-refractivity contribution in [2.24, 2.45) is 0 Å². The number of fused-ring (bicyclic) bond motifs is 2. The highest BCUT2D eigenvalue weighted by molar-refractivity contribution is 5.95. The highest BCUT2D eigenvalue weighted by Gasteiger charge is 2.43. The van der Waals surface area contributed by atoms with Crippen LogP contribution in [0.5, 0.6) is 0 Å². The average molecular weight is 398 g/mol. The molecule has 0 N–H and O–H groups in total. The third kappa shape index (κ3) is 4.02. The van der Waals surface area contributed by atoms with Gasteiger partial charge in [-0.15, -0.1) is 0 Å². The van der Waals surface area contributed by atoms with Crippen LogP contribution in [0.3, 0.4) is 0 Å². The Bertz CT molecular complexity index is 901. The van der Waals surface area contributed by atoms with Gasteiger partial charge in [0.2, 0.25) is 0 Å². The normalized spacial score (nSPS) is 23.1. The molecule has 29 heavy (non-hydrogen) atoms. The van der Waals surface area contributed by atoms with Gasteiger partial charge in [-0.3, -0.25) is 9.59 Å². The van der Waals surface area contributed by atoms with Crippen molar-refractivity contribution in [3.8, 4) is 0 Å². The zero-order valence-electron chi connectivity index (χ0n) is 16.4. The summed E-state index contributed by atoms with van der Waals surface area (Å²) >= 11 is 0. The molecule has 4 rings (SSSR count). The second-order valence-electron chi connectivity index (χ2n) is 8.03. The van der Waals surface area contributed by atoms with Crippen LogP contribution in [-0.2, 0) is 6.54 Å². The van der Waals surface area contributed by atoms with Gasteiger partial charge in [0, 0.05) is 36.8 Å². The molecule has 2 aliphatic heterocycles. The monoisotopic (exact) mass is 398 g/mol. The van der Waals surface area contributed by atoms with E-state index in [0.29, 0.717) is 30.5 Å². The van der Waals surface area contributed by atoms with Crippen LogP contribution in [0.1, 0.15) is 52.0 Å². The van der Waals surface area contributed by atoms with Gasteiger partial charge in [-0.1, -0.05) is 18.2 Å². The number of amides is 2. The van der Waals surface area contributed by atoms with Crippen LogP contribution in [-0.4, -0.2) is 46.9 Å². The van der Waals surface area contributed by atoms with E-state index in [-0.39, 0.29) is 23.9 Å². The van der Waals surface area contributed by atoms with E-state index < -0.39 is 12.0 Å². The minimum absolute atomic E-state index is 0.00551. The fourth-order valence-electron chi connectivity index (χ4n) is 4.53. The minimum Gasteiger partial charge on any atom is -0.337 e. The fraction of sp³-hybridized carbons (Fsp3) is 0.391. The van der Waals surface area contributed by atoms with Crippen LogP contribution in [0, 0.1) is 5.82 Å². The number of halogens is 2. The van der Waals surface area contributed by atoms with Gasteiger partial charge in [-0.2, -0.15) is 0 Å². The first-order chi connectivity index (χ1) is 13.9. The molecule has 2 amide bonds. The van der Waals surface area contributed by atoms with Crippen LogP contribution in [0.25, 0.3) is 0 Å². The van der Waals surface area contributed by atoms with E-state index in [4.69, 9.17) is 0 Å². The maximum atomic E-state index is 13.8. The number of rotatable bonds is 4. The molecule has 2 heterocycles. The summed E-state index contributed by atoms with van der Waals surface area (Å²) in [7, 11) is 1.66. The summed E-state index contributed by atoms with van der Waals surface area (Å²) in [6.45, 7) is 0.350. The Morgan fingerprint density at radius 1 is 1.03 bits per heavy atom. The third-order valence-electron chi connectivity index (χ3n) is 5.95. The molecule has 2 bridgehead atoms. The summed E-state index contributed by atoms with van der Waals surface area (Å²) in [6.07, 6.45) is 1.83. The lowest BCUT2D eigenvalue weighted by molar-refractivity contribution is 0.0478. The molecule has 0 aliphatic carbocycles. The lowest BCUT2D eigenvalue weighted by Gasteiger charge is -2.36. The second kappa shape index (κ2) is 7.93. The molecule has 2 fully saturated rings. The molecule has 0 spiro atoms. The van der Waals surface area contributed by atoms with Crippen molar-refractivity contribution in [2.45, 2.75) is 50.5 Å². The van der Waals surface area contributed by atoms with E-state index in [2.05, 4.69) is 0 Å². The van der Waals surface area contributed by atoms with Gasteiger partial charge in [-0.05, 0) is 61.6 Å². The number of hydrogen-bond donors (Lipinski definition) is 0. The Morgan fingerprint density at radius 2 is 1.69 bits per heavy atom. The number of hydrogen-bond acceptors (Lipinski definition) is 2. The second-order valence-corrected chi connectivity index (χ2v) is 8.03. The molecular formula is C23H24F2N2O2. The lowest BCUT2D eigenvalue weighted by Crippen LogP contribution is -2.47. The van der Waals surface area contributed by atoms with Crippen LogP contribution in [0.2, 0.25) is 0 Å². The van der Waals surface area contributed by atoms with Crippen molar-refractivity contribution in [2.75, 3.05) is 7.05 Å². The maximum absolute atomic E-state index is 13.8. The highest BCUT2D eigenvalue weighted by atomic mass is 19.1. The highest BCUT2D eigenvalue weighted by Crippen LogP contribution is 2.37. The first kappa shape index (κ1) is 19.6. The summed E-state index contributed by atoms with van der Waals surface area (Å²) in [5.41, 5.74) is 1.76. The van der Waals surface area contributed by atoms with Gasteiger partial charge in [0.25, 0.3) is 11.8 Å². The van der Waals surface area contributed by atoms with Crippen molar-refractivity contribution in [3.63, 3.8) is 0 Å². The van der Waals surface area contributed by atoms with Crippen molar-refractivity contribution >= 4 is 11.8 Å². The molecule has 152 valence electrons. The van der Waals surface area contributed by atoms with E-state index in [1.165, 1.54) is 23.1 Å². The van der Waals surface area contributed by atoms with Gasteiger partial charge in [-0.25, -0.2) is 8.78 Å². The molecule has 0 aromatic heterocycles. The van der Waals surface area contributed by atoms with Crippen molar-refractivity contribution < 1.29 is 18.4 Å². The maximum Gasteiger partial charge on any atom is 0.254 e. The molecule has 2 aliphatic rings. The van der Waals surface area contributed by atoms with Crippen molar-refractivity contribution in [1.29, 1.82) is 0 Å². The predicted molar refractivity (Wildman–Crippen MR) is 106 cm³/mol. The fourth-order valence-corrected chi connectivity index (χ4v) is 4.53. The van der Waals surface area contributed by atoms with Gasteiger partial charge >= 0.3 is 0 Å². The van der Waals surface area contributed by atoms with Gasteiger partial charge in [0.1, 0.15) is 12.0 Å². The molecule has 2 atom stereocenters. The smallest absolute Gasteiger partial charge is 0.254 e. The van der Waals surface area contributed by atoms with Crippen LogP contribution in [0.15, 0.2) is 48.5 Å². The number of alkyl halides is 1. The Balaban J connectivity index is 1.41. The van der Waals surface area contributed by atoms with E-state index in [1.54, 1.807) is 25.2 Å². The average Bonchev–Trinajstić information content (AvgIpc) is 2.98. The Labute approximate surface area is 169 Å². The molecule has 2 unspecified atom stereocenters. The number of nitrogens with zero attached hydrogens (tertiary/aromatic N) is 2. The first-order valence-corrected chi connectivity index (χ1v) is 9.99. The Morgan fingerprint density at radius 3 is 2.31 bits per heavy atom. The largest absolute Gasteiger partial charge is 0.337 e. The summed E-state index contributed by atoms with van der Waals surface area (Å²) < 4.78 is 27.1. The van der Waals surface area contributed by atoms with E-state index in [0.717, 1.165) is 18.4 Å². The quantitative estimate of drug-likeness (QED) is 0.774. The molecule has 2 aromatic rings. The number of carbonyl (C=O) groups is 2. The van der Waals surface area contributed by atoms with E-state index in [1.807, 2.05) is 17.0 Å². The van der Waals surface area contributed by atoms with Gasteiger partial charge < -0.3 is 9.80 Å². The molecule has 0 radical (unpaired) electrons. The predicted octanol–water partition coefficient (Wildman–Crippen LogP) is 4.20. The van der Waals surface area contributed by atoms with Crippen molar-refractivity contribution in [3.05, 3.63) is 71.0 Å². The molecule has 2 saturated heterocycles. The molecule has 6 heteroatoms. The zero-order chi connectivity index (χ0) is 20.5. The molecule has 2 aromatic carbocycles. The number of benzene rings is 2. The summed E-state index contributed by atoms with van der Waals surface area (Å²) in [6, 6.07) is 12.8. The summed E-state index contributed by atoms with van der Waals surface area (Å²) in [5.74, 6) is -0.756. The SMILES string of the molecule is CN(Cc1ccc(C(=O)N2C3CCC2CC(F)C3)cc1)C(=O)c1cccc(F)c1. The molecule has 4 nitrogen and oxygen atoms in total. The van der Waals surface area contributed by atoms with Gasteiger partial charge in [0.15, 0.2) is 0 Å². The Kier molecular flexibility index (Phi) is 5.35. The third-order valence-corrected chi connectivity index (χ3v) is 5.95. The number of carbonyl (C=O) groups excluding carboxylic acids is 2. The summed E-state index contributed by atoms with van der Waals surface area (Å²) in [4.78, 5) is 28.8. The topological polar surface area (TPSA) is 40.6 Å². The van der Waals surface area contributed by atoms with Gasteiger partial charge in [0.05, 0.1) is 0 Å². The summed E-state index contributed by atoms with van der Waals surface area (Å²) in [5, 5.41) is 0.